The minimum absolute atomic E-state index is 0.197. The Bertz CT molecular complexity index is 365. The molecule has 0 aromatic heterocycles. The molecule has 0 aliphatic heterocycles. The maximum Gasteiger partial charge on any atom is 0.0819 e. The van der Waals surface area contributed by atoms with E-state index in [0.29, 0.717) is 5.92 Å². The Balaban J connectivity index is 2.13. The van der Waals surface area contributed by atoms with E-state index in [4.69, 9.17) is 5.73 Å². The van der Waals surface area contributed by atoms with Gasteiger partial charge in [-0.3, -0.25) is 0 Å². The first-order valence-electron chi connectivity index (χ1n) is 6.74. The van der Waals surface area contributed by atoms with Gasteiger partial charge in [-0.05, 0) is 37.7 Å². The van der Waals surface area contributed by atoms with E-state index in [1.807, 2.05) is 0 Å². The number of nitrogens with zero attached hydrogens (tertiary/aromatic N) is 1. The summed E-state index contributed by atoms with van der Waals surface area (Å²) in [5.74, 6) is 0.443. The molecule has 2 atom stereocenters. The van der Waals surface area contributed by atoms with E-state index in [1.54, 1.807) is 0 Å². The van der Waals surface area contributed by atoms with Crippen molar-refractivity contribution in [1.82, 2.24) is 0 Å². The predicted octanol–water partition coefficient (Wildman–Crippen LogP) is 3.31. The molecule has 2 nitrogen and oxygen atoms in total. The molecule has 2 unspecified atom stereocenters. The Morgan fingerprint density at radius 1 is 1.41 bits per heavy atom. The Morgan fingerprint density at radius 2 is 2.12 bits per heavy atom. The molecule has 0 radical (unpaired) electrons. The summed E-state index contributed by atoms with van der Waals surface area (Å²) < 4.78 is 0. The summed E-state index contributed by atoms with van der Waals surface area (Å²) in [6, 6.07) is 2.78. The van der Waals surface area contributed by atoms with Crippen LogP contribution in [0.1, 0.15) is 45.4 Å². The first-order valence-corrected chi connectivity index (χ1v) is 6.74. The van der Waals surface area contributed by atoms with E-state index in [-0.39, 0.29) is 11.5 Å². The quantitative estimate of drug-likeness (QED) is 0.791. The molecule has 0 aromatic rings. The first kappa shape index (κ1) is 12.4. The molecule has 0 amide bonds. The molecule has 0 aromatic carbocycles. The molecule has 0 spiro atoms. The number of nitrogens with two attached hydrogens (primary N) is 1. The summed E-state index contributed by atoms with van der Waals surface area (Å²) in [6.45, 7) is 2.05. The molecule has 1 saturated carbocycles. The van der Waals surface area contributed by atoms with Crippen molar-refractivity contribution >= 4 is 0 Å². The van der Waals surface area contributed by atoms with Crippen molar-refractivity contribution in [2.45, 2.75) is 51.5 Å². The van der Waals surface area contributed by atoms with Crippen molar-refractivity contribution in [1.29, 1.82) is 5.26 Å². The predicted molar refractivity (Wildman–Crippen MR) is 70.1 cm³/mol. The van der Waals surface area contributed by atoms with Gasteiger partial charge in [-0.15, -0.1) is 0 Å². The summed E-state index contributed by atoms with van der Waals surface area (Å²) >= 11 is 0. The zero-order valence-electron chi connectivity index (χ0n) is 10.7. The molecule has 17 heavy (non-hydrogen) atoms. The van der Waals surface area contributed by atoms with Crippen LogP contribution in [0.25, 0.3) is 0 Å². The van der Waals surface area contributed by atoms with Gasteiger partial charge in [0.25, 0.3) is 0 Å². The average molecular weight is 230 g/mol. The molecule has 2 N–H and O–H groups in total. The second-order valence-corrected chi connectivity index (χ2v) is 5.53. The molecule has 2 aliphatic rings. The van der Waals surface area contributed by atoms with Gasteiger partial charge in [0.1, 0.15) is 0 Å². The smallest absolute Gasteiger partial charge is 0.0819 e. The summed E-state index contributed by atoms with van der Waals surface area (Å²) in [4.78, 5) is 0. The molecule has 1 fully saturated rings. The van der Waals surface area contributed by atoms with Crippen molar-refractivity contribution in [2.75, 3.05) is 0 Å². The fourth-order valence-corrected chi connectivity index (χ4v) is 3.00. The molecular formula is C15H22N2. The highest BCUT2D eigenvalue weighted by molar-refractivity contribution is 5.36. The highest BCUT2D eigenvalue weighted by atomic mass is 14.6. The first-order chi connectivity index (χ1) is 8.18. The molecular weight excluding hydrogens is 208 g/mol. The van der Waals surface area contributed by atoms with Gasteiger partial charge >= 0.3 is 0 Å². The third-order valence-electron chi connectivity index (χ3n) is 4.28. The summed E-state index contributed by atoms with van der Waals surface area (Å²) in [5, 5.41) is 9.52. The van der Waals surface area contributed by atoms with Crippen LogP contribution in [-0.4, -0.2) is 6.04 Å². The normalized spacial score (nSPS) is 29.2. The molecule has 0 heterocycles. The van der Waals surface area contributed by atoms with Crippen molar-refractivity contribution < 1.29 is 0 Å². The van der Waals surface area contributed by atoms with E-state index in [0.717, 1.165) is 19.3 Å². The van der Waals surface area contributed by atoms with Crippen molar-refractivity contribution in [2.24, 2.45) is 17.1 Å². The van der Waals surface area contributed by atoms with E-state index in [9.17, 15) is 5.26 Å². The minimum Gasteiger partial charge on any atom is -0.327 e. The zero-order chi connectivity index (χ0) is 12.3. The Labute approximate surface area is 104 Å². The van der Waals surface area contributed by atoms with Gasteiger partial charge in [0.15, 0.2) is 0 Å². The second kappa shape index (κ2) is 5.06. The number of allylic oxidation sites excluding steroid dienone is 3. The third kappa shape index (κ3) is 2.45. The van der Waals surface area contributed by atoms with Crippen LogP contribution in [0.4, 0.5) is 0 Å². The highest BCUT2D eigenvalue weighted by Gasteiger charge is 2.35. The van der Waals surface area contributed by atoms with Crippen LogP contribution in [0.3, 0.4) is 0 Å². The third-order valence-corrected chi connectivity index (χ3v) is 4.28. The maximum atomic E-state index is 9.52. The fraction of sp³-hybridized carbons (Fsp3) is 0.667. The SMILES string of the molecule is CC(N)C1C=CC(C2(C#N)CCCCC2)=CC1. The monoisotopic (exact) mass is 230 g/mol. The molecule has 2 aliphatic carbocycles. The van der Waals surface area contributed by atoms with Gasteiger partial charge in [-0.25, -0.2) is 0 Å². The van der Waals surface area contributed by atoms with E-state index in [2.05, 4.69) is 31.2 Å². The number of hydrogen-bond donors (Lipinski definition) is 1. The van der Waals surface area contributed by atoms with Crippen LogP contribution in [0.5, 0.6) is 0 Å². The van der Waals surface area contributed by atoms with Crippen molar-refractivity contribution in [3.8, 4) is 6.07 Å². The standard InChI is InChI=1S/C15H22N2/c1-12(17)13-5-7-14(8-6-13)15(11-16)9-3-2-4-10-15/h5,7-8,12-13H,2-4,6,9-10,17H2,1H3. The van der Waals surface area contributed by atoms with Crippen molar-refractivity contribution in [3.63, 3.8) is 0 Å². The largest absolute Gasteiger partial charge is 0.327 e. The maximum absolute atomic E-state index is 9.52. The van der Waals surface area contributed by atoms with Crippen molar-refractivity contribution in [3.05, 3.63) is 23.8 Å². The summed E-state index contributed by atoms with van der Waals surface area (Å²) in [5.41, 5.74) is 6.96. The van der Waals surface area contributed by atoms with Gasteiger partial charge in [0.2, 0.25) is 0 Å². The molecule has 0 saturated heterocycles. The molecule has 0 bridgehead atoms. The average Bonchev–Trinajstić information content (AvgIpc) is 2.39. The van der Waals surface area contributed by atoms with E-state index < -0.39 is 0 Å². The van der Waals surface area contributed by atoms with Crippen LogP contribution in [0.15, 0.2) is 23.8 Å². The van der Waals surface area contributed by atoms with Gasteiger partial charge in [-0.1, -0.05) is 37.5 Å². The number of nitriles is 1. The van der Waals surface area contributed by atoms with E-state index in [1.165, 1.54) is 24.8 Å². The van der Waals surface area contributed by atoms with Crippen LogP contribution < -0.4 is 5.73 Å². The Hall–Kier alpha value is -1.07. The topological polar surface area (TPSA) is 49.8 Å². The summed E-state index contributed by atoms with van der Waals surface area (Å²) in [7, 11) is 0. The van der Waals surface area contributed by atoms with Gasteiger partial charge < -0.3 is 5.73 Å². The number of hydrogen-bond acceptors (Lipinski definition) is 2. The second-order valence-electron chi connectivity index (χ2n) is 5.53. The Kier molecular flexibility index (Phi) is 3.69. The van der Waals surface area contributed by atoms with Gasteiger partial charge in [0, 0.05) is 6.04 Å². The highest BCUT2D eigenvalue weighted by Crippen LogP contribution is 2.44. The lowest BCUT2D eigenvalue weighted by Crippen LogP contribution is -2.29. The Morgan fingerprint density at radius 3 is 2.59 bits per heavy atom. The van der Waals surface area contributed by atoms with Crippen LogP contribution in [0.2, 0.25) is 0 Å². The lowest BCUT2D eigenvalue weighted by molar-refractivity contribution is 0.320. The van der Waals surface area contributed by atoms with Gasteiger partial charge in [0.05, 0.1) is 11.5 Å². The molecule has 92 valence electrons. The molecule has 2 heteroatoms. The fourth-order valence-electron chi connectivity index (χ4n) is 3.00. The zero-order valence-corrected chi connectivity index (χ0v) is 10.7. The van der Waals surface area contributed by atoms with Crippen LogP contribution in [0, 0.1) is 22.7 Å². The lowest BCUT2D eigenvalue weighted by atomic mass is 9.68. The molecule has 2 rings (SSSR count). The van der Waals surface area contributed by atoms with Crippen LogP contribution >= 0.6 is 0 Å². The van der Waals surface area contributed by atoms with Crippen LogP contribution in [-0.2, 0) is 0 Å². The summed E-state index contributed by atoms with van der Waals surface area (Å²) in [6.07, 6.45) is 13.3. The lowest BCUT2D eigenvalue weighted by Gasteiger charge is -2.34. The minimum atomic E-state index is -0.197. The van der Waals surface area contributed by atoms with E-state index >= 15 is 0 Å². The number of rotatable bonds is 2. The van der Waals surface area contributed by atoms with Gasteiger partial charge in [-0.2, -0.15) is 5.26 Å².